The Morgan fingerprint density at radius 3 is 2.54 bits per heavy atom. The van der Waals surface area contributed by atoms with Gasteiger partial charge in [-0.05, 0) is 35.4 Å². The average Bonchev–Trinajstić information content (AvgIpc) is 3.52. The van der Waals surface area contributed by atoms with Crippen molar-refractivity contribution in [3.8, 4) is 0 Å². The molecule has 0 aliphatic rings. The fourth-order valence-corrected chi connectivity index (χ4v) is 4.19. The van der Waals surface area contributed by atoms with Crippen LogP contribution in [0.3, 0.4) is 0 Å². The lowest BCUT2D eigenvalue weighted by Crippen LogP contribution is -2.37. The van der Waals surface area contributed by atoms with Crippen LogP contribution in [0.4, 0.5) is 0 Å². The fourth-order valence-electron chi connectivity index (χ4n) is 4.01. The Bertz CT molecular complexity index is 1650. The monoisotopic (exact) mass is 515 g/mol. The van der Waals surface area contributed by atoms with Crippen LogP contribution in [0.25, 0.3) is 10.9 Å². The number of carbonyl (C=O) groups is 2. The maximum atomic E-state index is 12.9. The number of hydrogen-bond acceptors (Lipinski definition) is 5. The van der Waals surface area contributed by atoms with Crippen LogP contribution in [0.5, 0.6) is 0 Å². The first-order chi connectivity index (χ1) is 17.9. The van der Waals surface area contributed by atoms with Gasteiger partial charge in [-0.3, -0.25) is 24.2 Å². The van der Waals surface area contributed by atoms with E-state index >= 15 is 0 Å². The molecule has 11 heteroatoms. The van der Waals surface area contributed by atoms with Crippen LogP contribution in [0.15, 0.2) is 84.0 Å². The van der Waals surface area contributed by atoms with Crippen LogP contribution in [-0.2, 0) is 17.9 Å². The van der Waals surface area contributed by atoms with Crippen LogP contribution >= 0.6 is 11.6 Å². The van der Waals surface area contributed by atoms with E-state index in [-0.39, 0.29) is 11.1 Å². The lowest BCUT2D eigenvalue weighted by Gasteiger charge is -2.14. The van der Waals surface area contributed by atoms with Gasteiger partial charge in [0.25, 0.3) is 11.5 Å². The van der Waals surface area contributed by atoms with E-state index in [0.717, 1.165) is 11.1 Å². The maximum Gasteiger partial charge on any atom is 0.255 e. The van der Waals surface area contributed by atoms with E-state index in [4.69, 9.17) is 17.3 Å². The molecule has 1 atom stereocenters. The Kier molecular flexibility index (Phi) is 6.57. The number of H-pyrrole nitrogens is 1. The molecular formula is C26H22ClN7O3. The number of aromatic nitrogens is 5. The molecule has 2 amide bonds. The van der Waals surface area contributed by atoms with Crippen molar-refractivity contribution >= 4 is 34.3 Å². The third-order valence-corrected chi connectivity index (χ3v) is 6.14. The Hall–Kier alpha value is -4.70. The topological polar surface area (TPSA) is 141 Å². The van der Waals surface area contributed by atoms with Gasteiger partial charge in [-0.2, -0.15) is 10.2 Å². The van der Waals surface area contributed by atoms with Crippen molar-refractivity contribution in [3.05, 3.63) is 117 Å². The summed E-state index contributed by atoms with van der Waals surface area (Å²) in [5, 5.41) is 14.9. The molecule has 186 valence electrons. The van der Waals surface area contributed by atoms with E-state index in [9.17, 15) is 14.4 Å². The quantitative estimate of drug-likeness (QED) is 0.291. The molecule has 0 saturated heterocycles. The number of amides is 2. The number of pyridine rings is 1. The summed E-state index contributed by atoms with van der Waals surface area (Å²) in [6.45, 7) is 0.909. The van der Waals surface area contributed by atoms with Gasteiger partial charge < -0.3 is 15.6 Å². The van der Waals surface area contributed by atoms with E-state index < -0.39 is 17.9 Å². The highest BCUT2D eigenvalue weighted by atomic mass is 35.5. The molecule has 5 aromatic rings. The molecule has 0 spiro atoms. The Morgan fingerprint density at radius 2 is 1.81 bits per heavy atom. The number of benzene rings is 2. The highest BCUT2D eigenvalue weighted by Crippen LogP contribution is 2.25. The molecule has 0 fully saturated rings. The van der Waals surface area contributed by atoms with Crippen molar-refractivity contribution in [2.45, 2.75) is 19.1 Å². The molecule has 1 unspecified atom stereocenters. The van der Waals surface area contributed by atoms with Gasteiger partial charge in [-0.15, -0.1) is 0 Å². The Balaban J connectivity index is 1.27. The van der Waals surface area contributed by atoms with Crippen molar-refractivity contribution in [1.29, 1.82) is 0 Å². The lowest BCUT2D eigenvalue weighted by molar-refractivity contribution is -0.120. The molecule has 2 aromatic carbocycles. The minimum atomic E-state index is -1.14. The van der Waals surface area contributed by atoms with Crippen LogP contribution in [0.2, 0.25) is 5.02 Å². The summed E-state index contributed by atoms with van der Waals surface area (Å²) in [4.78, 5) is 37.0. The summed E-state index contributed by atoms with van der Waals surface area (Å²) in [5.41, 5.74) is 8.70. The molecule has 4 N–H and O–H groups in total. The maximum absolute atomic E-state index is 12.9. The number of rotatable bonds is 8. The molecule has 37 heavy (non-hydrogen) atoms. The summed E-state index contributed by atoms with van der Waals surface area (Å²) in [6, 6.07) is 16.7. The average molecular weight is 516 g/mol. The zero-order chi connectivity index (χ0) is 25.9. The zero-order valence-electron chi connectivity index (χ0n) is 19.5. The number of halogens is 1. The van der Waals surface area contributed by atoms with Crippen LogP contribution in [0.1, 0.15) is 33.2 Å². The normalized spacial score (nSPS) is 11.9. The minimum Gasteiger partial charge on any atom is -0.368 e. The standard InChI is InChI=1S/C26H22ClN7O3/c27-19-8-9-21-20(11-19)23(32-31-21)24(25(28)36)30-26(37)18-12-29-34(15-18)14-17-6-4-16(5-7-17)13-33-10-2-1-3-22(33)35/h1-12,15,24H,13-14H2,(H2,28,36)(H,30,37)(H,31,32). The summed E-state index contributed by atoms with van der Waals surface area (Å²) < 4.78 is 3.25. The van der Waals surface area contributed by atoms with E-state index in [1.54, 1.807) is 45.9 Å². The van der Waals surface area contributed by atoms with E-state index in [2.05, 4.69) is 20.6 Å². The number of fused-ring (bicyclic) bond motifs is 1. The van der Waals surface area contributed by atoms with Gasteiger partial charge in [-0.1, -0.05) is 41.9 Å². The van der Waals surface area contributed by atoms with Crippen molar-refractivity contribution in [1.82, 2.24) is 29.9 Å². The van der Waals surface area contributed by atoms with Crippen LogP contribution < -0.4 is 16.6 Å². The second kappa shape index (κ2) is 10.1. The van der Waals surface area contributed by atoms with Crippen molar-refractivity contribution < 1.29 is 9.59 Å². The summed E-state index contributed by atoms with van der Waals surface area (Å²) in [6.07, 6.45) is 4.76. The largest absolute Gasteiger partial charge is 0.368 e. The number of nitrogens with zero attached hydrogens (tertiary/aromatic N) is 4. The SMILES string of the molecule is NC(=O)C(NC(=O)c1cnn(Cc2ccc(Cn3ccccc3=O)cc2)c1)c1[nH]nc2ccc(Cl)cc12. The number of primary amides is 1. The Morgan fingerprint density at radius 1 is 1.05 bits per heavy atom. The van der Waals surface area contributed by atoms with Crippen molar-refractivity contribution in [3.63, 3.8) is 0 Å². The number of carbonyl (C=O) groups excluding carboxylic acids is 2. The first-order valence-corrected chi connectivity index (χ1v) is 11.7. The highest BCUT2D eigenvalue weighted by molar-refractivity contribution is 6.31. The van der Waals surface area contributed by atoms with Gasteiger partial charge in [-0.25, -0.2) is 0 Å². The van der Waals surface area contributed by atoms with E-state index in [1.807, 2.05) is 30.3 Å². The molecule has 10 nitrogen and oxygen atoms in total. The van der Waals surface area contributed by atoms with Crippen molar-refractivity contribution in [2.75, 3.05) is 0 Å². The van der Waals surface area contributed by atoms with Gasteiger partial charge in [0.15, 0.2) is 6.04 Å². The summed E-state index contributed by atoms with van der Waals surface area (Å²) >= 11 is 6.08. The molecule has 0 bridgehead atoms. The van der Waals surface area contributed by atoms with Gasteiger partial charge in [0.05, 0.1) is 36.1 Å². The molecule has 0 saturated carbocycles. The first kappa shape index (κ1) is 24.0. The molecule has 0 aliphatic heterocycles. The number of nitrogens with two attached hydrogens (primary N) is 1. The third-order valence-electron chi connectivity index (χ3n) is 5.91. The third kappa shape index (κ3) is 5.29. The summed E-state index contributed by atoms with van der Waals surface area (Å²) in [5.74, 6) is -1.26. The van der Waals surface area contributed by atoms with Gasteiger partial charge >= 0.3 is 0 Å². The lowest BCUT2D eigenvalue weighted by atomic mass is 10.1. The summed E-state index contributed by atoms with van der Waals surface area (Å²) in [7, 11) is 0. The van der Waals surface area contributed by atoms with Crippen molar-refractivity contribution in [2.24, 2.45) is 5.73 Å². The predicted molar refractivity (Wildman–Crippen MR) is 138 cm³/mol. The molecule has 3 heterocycles. The molecule has 0 aliphatic carbocycles. The van der Waals surface area contributed by atoms with E-state index in [1.165, 1.54) is 12.3 Å². The molecule has 0 radical (unpaired) electrons. The van der Waals surface area contributed by atoms with Gasteiger partial charge in [0.2, 0.25) is 5.91 Å². The van der Waals surface area contributed by atoms with Gasteiger partial charge in [0.1, 0.15) is 0 Å². The number of nitrogens with one attached hydrogen (secondary N) is 2. The molecular weight excluding hydrogens is 494 g/mol. The fraction of sp³-hybridized carbons (Fsp3) is 0.115. The smallest absolute Gasteiger partial charge is 0.255 e. The van der Waals surface area contributed by atoms with Crippen LogP contribution in [-0.4, -0.2) is 36.4 Å². The first-order valence-electron chi connectivity index (χ1n) is 11.4. The number of hydrogen-bond donors (Lipinski definition) is 3. The zero-order valence-corrected chi connectivity index (χ0v) is 20.2. The predicted octanol–water partition coefficient (Wildman–Crippen LogP) is 2.63. The Labute approximate surface area is 215 Å². The van der Waals surface area contributed by atoms with Crippen LogP contribution in [0, 0.1) is 0 Å². The second-order valence-electron chi connectivity index (χ2n) is 8.52. The molecule has 5 rings (SSSR count). The van der Waals surface area contributed by atoms with E-state index in [0.29, 0.717) is 34.7 Å². The minimum absolute atomic E-state index is 0.0583. The second-order valence-corrected chi connectivity index (χ2v) is 8.95. The number of aromatic amines is 1. The molecule has 3 aromatic heterocycles. The highest BCUT2D eigenvalue weighted by Gasteiger charge is 2.25. The van der Waals surface area contributed by atoms with Gasteiger partial charge in [0, 0.05) is 28.9 Å².